The van der Waals surface area contributed by atoms with Gasteiger partial charge in [-0.25, -0.2) is 9.37 Å². The summed E-state index contributed by atoms with van der Waals surface area (Å²) in [6.07, 6.45) is 0. The molecule has 0 radical (unpaired) electrons. The number of aromatic nitrogens is 2. The molecule has 0 spiro atoms. The van der Waals surface area contributed by atoms with E-state index in [1.165, 1.54) is 12.1 Å². The molecule has 5 nitrogen and oxygen atoms in total. The van der Waals surface area contributed by atoms with Crippen molar-refractivity contribution in [2.75, 3.05) is 5.32 Å². The van der Waals surface area contributed by atoms with Gasteiger partial charge in [0.05, 0.1) is 21.7 Å². The summed E-state index contributed by atoms with van der Waals surface area (Å²) in [7, 11) is 0. The van der Waals surface area contributed by atoms with Gasteiger partial charge >= 0.3 is 0 Å². The Kier molecular flexibility index (Phi) is 4.27. The molecule has 0 saturated heterocycles. The average Bonchev–Trinajstić information content (AvgIpc) is 2.88. The lowest BCUT2D eigenvalue weighted by Crippen LogP contribution is -2.20. The zero-order valence-electron chi connectivity index (χ0n) is 12.0. The number of aliphatic hydroxyl groups is 1. The van der Waals surface area contributed by atoms with Gasteiger partial charge in [-0.05, 0) is 30.3 Å². The van der Waals surface area contributed by atoms with Gasteiger partial charge in [-0.15, -0.1) is 0 Å². The van der Waals surface area contributed by atoms with Gasteiger partial charge in [0.2, 0.25) is 5.91 Å². The first-order chi connectivity index (χ1) is 11.1. The van der Waals surface area contributed by atoms with Crippen LogP contribution in [0.15, 0.2) is 42.5 Å². The molecule has 0 saturated carbocycles. The second kappa shape index (κ2) is 6.36. The molecule has 0 aliphatic rings. The third kappa shape index (κ3) is 3.18. The van der Waals surface area contributed by atoms with Crippen molar-refractivity contribution in [3.63, 3.8) is 0 Å². The Morgan fingerprint density at radius 2 is 2.09 bits per heavy atom. The van der Waals surface area contributed by atoms with Crippen LogP contribution < -0.4 is 5.32 Å². The molecule has 1 amide bonds. The normalized spacial score (nSPS) is 10.9. The van der Waals surface area contributed by atoms with Crippen LogP contribution in [-0.2, 0) is 17.9 Å². The van der Waals surface area contributed by atoms with Gasteiger partial charge in [0.25, 0.3) is 0 Å². The Hall–Kier alpha value is -2.44. The Morgan fingerprint density at radius 1 is 1.30 bits per heavy atom. The zero-order chi connectivity index (χ0) is 16.4. The van der Waals surface area contributed by atoms with Crippen molar-refractivity contribution in [2.45, 2.75) is 13.2 Å². The number of carbonyl (C=O) groups excluding carboxylic acids is 1. The highest BCUT2D eigenvalue weighted by Gasteiger charge is 2.14. The van der Waals surface area contributed by atoms with Gasteiger partial charge < -0.3 is 15.0 Å². The van der Waals surface area contributed by atoms with E-state index in [2.05, 4.69) is 10.3 Å². The van der Waals surface area contributed by atoms with E-state index in [9.17, 15) is 14.3 Å². The summed E-state index contributed by atoms with van der Waals surface area (Å²) in [5.41, 5.74) is 1.77. The van der Waals surface area contributed by atoms with Crippen LogP contribution >= 0.6 is 11.6 Å². The standard InChI is InChI=1S/C16H13ClFN3O2/c17-11-7-10(18)5-6-12(11)20-16(23)8-21-14-4-2-1-3-13(14)19-15(21)9-22/h1-7,22H,8-9H2,(H,20,23). The Labute approximate surface area is 136 Å². The number of imidazole rings is 1. The molecule has 2 N–H and O–H groups in total. The number of nitrogens with one attached hydrogen (secondary N) is 1. The zero-order valence-corrected chi connectivity index (χ0v) is 12.7. The quantitative estimate of drug-likeness (QED) is 0.771. The third-order valence-corrected chi connectivity index (χ3v) is 3.69. The molecule has 3 rings (SSSR count). The molecule has 1 aromatic heterocycles. The number of fused-ring (bicyclic) bond motifs is 1. The molecule has 0 aliphatic carbocycles. The first-order valence-corrected chi connectivity index (χ1v) is 7.26. The highest BCUT2D eigenvalue weighted by molar-refractivity contribution is 6.33. The van der Waals surface area contributed by atoms with Crippen LogP contribution in [0, 0.1) is 5.82 Å². The van der Waals surface area contributed by atoms with Crippen molar-refractivity contribution in [1.82, 2.24) is 9.55 Å². The number of hydrogen-bond acceptors (Lipinski definition) is 3. The number of halogens is 2. The lowest BCUT2D eigenvalue weighted by molar-refractivity contribution is -0.116. The van der Waals surface area contributed by atoms with Crippen molar-refractivity contribution >= 4 is 34.2 Å². The number of benzene rings is 2. The second-order valence-electron chi connectivity index (χ2n) is 4.93. The molecule has 7 heteroatoms. The van der Waals surface area contributed by atoms with E-state index in [0.717, 1.165) is 11.6 Å². The minimum atomic E-state index is -0.476. The largest absolute Gasteiger partial charge is 0.388 e. The van der Waals surface area contributed by atoms with Crippen molar-refractivity contribution in [1.29, 1.82) is 0 Å². The maximum Gasteiger partial charge on any atom is 0.244 e. The first-order valence-electron chi connectivity index (χ1n) is 6.88. The molecule has 0 aliphatic heterocycles. The molecule has 3 aromatic rings. The number of hydrogen-bond donors (Lipinski definition) is 2. The van der Waals surface area contributed by atoms with Crippen LogP contribution in [0.25, 0.3) is 11.0 Å². The second-order valence-corrected chi connectivity index (χ2v) is 5.34. The molecule has 0 bridgehead atoms. The highest BCUT2D eigenvalue weighted by atomic mass is 35.5. The maximum atomic E-state index is 13.0. The van der Waals surface area contributed by atoms with Crippen molar-refractivity contribution < 1.29 is 14.3 Å². The topological polar surface area (TPSA) is 67.2 Å². The summed E-state index contributed by atoms with van der Waals surface area (Å²) in [5, 5.41) is 12.2. The molecule has 0 unspecified atom stereocenters. The number of anilines is 1. The van der Waals surface area contributed by atoms with Gasteiger partial charge in [-0.1, -0.05) is 23.7 Å². The molecule has 0 atom stereocenters. The summed E-state index contributed by atoms with van der Waals surface area (Å²) in [6, 6.07) is 11.0. The van der Waals surface area contributed by atoms with E-state index >= 15 is 0 Å². The van der Waals surface area contributed by atoms with E-state index in [-0.39, 0.29) is 24.1 Å². The molecule has 118 valence electrons. The predicted molar refractivity (Wildman–Crippen MR) is 85.7 cm³/mol. The fraction of sp³-hybridized carbons (Fsp3) is 0.125. The van der Waals surface area contributed by atoms with Gasteiger partial charge in [0.15, 0.2) is 0 Å². The maximum absolute atomic E-state index is 13.0. The Bertz CT molecular complexity index is 879. The summed E-state index contributed by atoms with van der Waals surface area (Å²) in [6.45, 7) is -0.316. The number of nitrogens with zero attached hydrogens (tertiary/aromatic N) is 2. The molecular weight excluding hydrogens is 321 g/mol. The molecule has 2 aromatic carbocycles. The van der Waals surface area contributed by atoms with E-state index < -0.39 is 5.82 Å². The fourth-order valence-electron chi connectivity index (χ4n) is 2.35. The Balaban J connectivity index is 1.85. The first kappa shape index (κ1) is 15.5. The minimum Gasteiger partial charge on any atom is -0.388 e. The summed E-state index contributed by atoms with van der Waals surface area (Å²) in [4.78, 5) is 16.5. The molecule has 0 fully saturated rings. The lowest BCUT2D eigenvalue weighted by Gasteiger charge is -2.10. The SMILES string of the molecule is O=C(Cn1c(CO)nc2ccccc21)Nc1ccc(F)cc1Cl. The van der Waals surface area contributed by atoms with Crippen LogP contribution in [0.5, 0.6) is 0 Å². The van der Waals surface area contributed by atoms with Crippen LogP contribution in [0.4, 0.5) is 10.1 Å². The third-order valence-electron chi connectivity index (χ3n) is 3.38. The summed E-state index contributed by atoms with van der Waals surface area (Å²) >= 11 is 5.90. The minimum absolute atomic E-state index is 0.0376. The number of carbonyl (C=O) groups is 1. The molecule has 1 heterocycles. The van der Waals surface area contributed by atoms with Gasteiger partial charge in [0, 0.05) is 0 Å². The fourth-order valence-corrected chi connectivity index (χ4v) is 2.56. The van der Waals surface area contributed by atoms with Crippen LogP contribution in [-0.4, -0.2) is 20.6 Å². The van der Waals surface area contributed by atoms with Crippen molar-refractivity contribution in [3.05, 3.63) is 59.1 Å². The number of para-hydroxylation sites is 2. The van der Waals surface area contributed by atoms with E-state index in [0.29, 0.717) is 17.0 Å². The van der Waals surface area contributed by atoms with Crippen LogP contribution in [0.1, 0.15) is 5.82 Å². The molecular formula is C16H13ClFN3O2. The van der Waals surface area contributed by atoms with Crippen molar-refractivity contribution in [2.24, 2.45) is 0 Å². The monoisotopic (exact) mass is 333 g/mol. The van der Waals surface area contributed by atoms with E-state index in [1.807, 2.05) is 18.2 Å². The van der Waals surface area contributed by atoms with Gasteiger partial charge in [-0.2, -0.15) is 0 Å². The number of aliphatic hydroxyl groups excluding tert-OH is 1. The number of amides is 1. The smallest absolute Gasteiger partial charge is 0.244 e. The number of rotatable bonds is 4. The summed E-state index contributed by atoms with van der Waals surface area (Å²) < 4.78 is 14.7. The molecule has 23 heavy (non-hydrogen) atoms. The van der Waals surface area contributed by atoms with Crippen molar-refractivity contribution in [3.8, 4) is 0 Å². The lowest BCUT2D eigenvalue weighted by atomic mass is 10.3. The highest BCUT2D eigenvalue weighted by Crippen LogP contribution is 2.23. The van der Waals surface area contributed by atoms with Crippen LogP contribution in [0.3, 0.4) is 0 Å². The Morgan fingerprint density at radius 3 is 2.83 bits per heavy atom. The summed E-state index contributed by atoms with van der Waals surface area (Å²) in [5.74, 6) is -0.431. The van der Waals surface area contributed by atoms with Crippen LogP contribution in [0.2, 0.25) is 5.02 Å². The van der Waals surface area contributed by atoms with E-state index in [4.69, 9.17) is 11.6 Å². The van der Waals surface area contributed by atoms with Gasteiger partial charge in [-0.3, -0.25) is 4.79 Å². The predicted octanol–water partition coefficient (Wildman–Crippen LogP) is 2.96. The average molecular weight is 334 g/mol. The van der Waals surface area contributed by atoms with E-state index in [1.54, 1.807) is 10.6 Å². The van der Waals surface area contributed by atoms with Gasteiger partial charge in [0.1, 0.15) is 24.8 Å².